The Hall–Kier alpha value is -1.05. The van der Waals surface area contributed by atoms with Crippen LogP contribution in [0.3, 0.4) is 0 Å². The molecule has 0 N–H and O–H groups in total. The summed E-state index contributed by atoms with van der Waals surface area (Å²) in [4.78, 5) is 0. The van der Waals surface area contributed by atoms with Crippen LogP contribution in [0.1, 0.15) is 39.2 Å². The Kier molecular flexibility index (Phi) is 2.92. The Morgan fingerprint density at radius 3 is 2.50 bits per heavy atom. The van der Waals surface area contributed by atoms with Crippen LogP contribution < -0.4 is 4.74 Å². The number of halogens is 1. The van der Waals surface area contributed by atoms with Crippen LogP contribution in [0, 0.1) is 11.7 Å². The molecule has 2 heteroatoms. The number of hydrogen-bond acceptors (Lipinski definition) is 1. The fourth-order valence-corrected chi connectivity index (χ4v) is 1.69. The van der Waals surface area contributed by atoms with E-state index in [1.165, 1.54) is 18.9 Å². The molecule has 0 aromatic heterocycles. The third-order valence-electron chi connectivity index (χ3n) is 2.93. The molecule has 0 radical (unpaired) electrons. The molecular weight excluding hydrogens is 203 g/mol. The summed E-state index contributed by atoms with van der Waals surface area (Å²) in [5.74, 6) is 1.18. The molecule has 0 heterocycles. The molecule has 1 aromatic carbocycles. The van der Waals surface area contributed by atoms with Crippen LogP contribution in [0.15, 0.2) is 18.2 Å². The van der Waals surface area contributed by atoms with Crippen molar-refractivity contribution in [2.45, 2.75) is 39.0 Å². The molecule has 1 saturated carbocycles. The standard InChI is InChI=1S/C14H19FO/c1-14(2,3)12-7-6-11(8-13(12)15)16-9-10-4-5-10/h6-8,10H,4-5,9H2,1-3H3. The van der Waals surface area contributed by atoms with Crippen LogP contribution in [-0.2, 0) is 5.41 Å². The second kappa shape index (κ2) is 4.08. The molecule has 88 valence electrons. The fraction of sp³-hybridized carbons (Fsp3) is 0.571. The first-order valence-electron chi connectivity index (χ1n) is 5.89. The Labute approximate surface area is 96.6 Å². The summed E-state index contributed by atoms with van der Waals surface area (Å²) >= 11 is 0. The van der Waals surface area contributed by atoms with Gasteiger partial charge in [0.2, 0.25) is 0 Å². The van der Waals surface area contributed by atoms with Crippen molar-refractivity contribution in [3.8, 4) is 5.75 Å². The topological polar surface area (TPSA) is 9.23 Å². The van der Waals surface area contributed by atoms with Gasteiger partial charge >= 0.3 is 0 Å². The molecule has 0 atom stereocenters. The summed E-state index contributed by atoms with van der Waals surface area (Å²) in [5.41, 5.74) is 0.588. The maximum absolute atomic E-state index is 13.8. The molecule has 1 aromatic rings. The van der Waals surface area contributed by atoms with E-state index in [1.807, 2.05) is 32.9 Å². The SMILES string of the molecule is CC(C)(C)c1ccc(OCC2CC2)cc1F. The first kappa shape index (κ1) is 11.4. The molecule has 1 aliphatic rings. The number of hydrogen-bond donors (Lipinski definition) is 0. The Morgan fingerprint density at radius 1 is 1.31 bits per heavy atom. The van der Waals surface area contributed by atoms with E-state index in [4.69, 9.17) is 4.74 Å². The van der Waals surface area contributed by atoms with Gasteiger partial charge in [0.05, 0.1) is 6.61 Å². The van der Waals surface area contributed by atoms with Crippen molar-refractivity contribution in [3.63, 3.8) is 0 Å². The number of benzene rings is 1. The van der Waals surface area contributed by atoms with E-state index in [2.05, 4.69) is 0 Å². The smallest absolute Gasteiger partial charge is 0.130 e. The largest absolute Gasteiger partial charge is 0.493 e. The summed E-state index contributed by atoms with van der Waals surface area (Å²) in [5, 5.41) is 0. The highest BCUT2D eigenvalue weighted by molar-refractivity contribution is 5.32. The summed E-state index contributed by atoms with van der Waals surface area (Å²) in [6.45, 7) is 6.76. The minimum atomic E-state index is -0.166. The average Bonchev–Trinajstić information content (AvgIpc) is 2.96. The van der Waals surface area contributed by atoms with Gasteiger partial charge in [0.25, 0.3) is 0 Å². The zero-order valence-electron chi connectivity index (χ0n) is 10.2. The van der Waals surface area contributed by atoms with Crippen molar-refractivity contribution in [1.82, 2.24) is 0 Å². The highest BCUT2D eigenvalue weighted by atomic mass is 19.1. The minimum Gasteiger partial charge on any atom is -0.493 e. The molecular formula is C14H19FO. The van der Waals surface area contributed by atoms with E-state index in [-0.39, 0.29) is 11.2 Å². The number of ether oxygens (including phenoxy) is 1. The zero-order chi connectivity index (χ0) is 11.8. The third kappa shape index (κ3) is 2.75. The van der Waals surface area contributed by atoms with Crippen LogP contribution in [0.25, 0.3) is 0 Å². The van der Waals surface area contributed by atoms with E-state index in [0.717, 1.165) is 12.2 Å². The van der Waals surface area contributed by atoms with Crippen molar-refractivity contribution in [3.05, 3.63) is 29.6 Å². The van der Waals surface area contributed by atoms with Gasteiger partial charge in [0.15, 0.2) is 0 Å². The van der Waals surface area contributed by atoms with E-state index < -0.39 is 0 Å². The lowest BCUT2D eigenvalue weighted by atomic mass is 9.87. The van der Waals surface area contributed by atoms with Gasteiger partial charge in [-0.3, -0.25) is 0 Å². The summed E-state index contributed by atoms with van der Waals surface area (Å²) in [7, 11) is 0. The van der Waals surface area contributed by atoms with E-state index in [0.29, 0.717) is 11.7 Å². The van der Waals surface area contributed by atoms with Gasteiger partial charge in [0, 0.05) is 6.07 Å². The third-order valence-corrected chi connectivity index (χ3v) is 2.93. The van der Waals surface area contributed by atoms with Crippen molar-refractivity contribution in [2.75, 3.05) is 6.61 Å². The lowest BCUT2D eigenvalue weighted by molar-refractivity contribution is 0.298. The Balaban J connectivity index is 2.08. The predicted octanol–water partition coefficient (Wildman–Crippen LogP) is 3.91. The van der Waals surface area contributed by atoms with Crippen molar-refractivity contribution >= 4 is 0 Å². The maximum Gasteiger partial charge on any atom is 0.130 e. The Morgan fingerprint density at radius 2 is 2.00 bits per heavy atom. The summed E-state index contributed by atoms with van der Waals surface area (Å²) < 4.78 is 19.3. The molecule has 0 aliphatic heterocycles. The first-order chi connectivity index (χ1) is 7.47. The van der Waals surface area contributed by atoms with Gasteiger partial charge in [-0.05, 0) is 35.8 Å². The Bertz CT molecular complexity index is 375. The molecule has 0 amide bonds. The molecule has 0 unspecified atom stereocenters. The molecule has 0 spiro atoms. The quantitative estimate of drug-likeness (QED) is 0.753. The average molecular weight is 222 g/mol. The van der Waals surface area contributed by atoms with Crippen molar-refractivity contribution in [1.29, 1.82) is 0 Å². The fourth-order valence-electron chi connectivity index (χ4n) is 1.69. The molecule has 16 heavy (non-hydrogen) atoms. The van der Waals surface area contributed by atoms with Crippen LogP contribution in [0.2, 0.25) is 0 Å². The van der Waals surface area contributed by atoms with Gasteiger partial charge < -0.3 is 4.74 Å². The van der Waals surface area contributed by atoms with E-state index >= 15 is 0 Å². The van der Waals surface area contributed by atoms with Gasteiger partial charge in [-0.2, -0.15) is 0 Å². The summed E-state index contributed by atoms with van der Waals surface area (Å²) in [6.07, 6.45) is 2.51. The van der Waals surface area contributed by atoms with Crippen molar-refractivity contribution in [2.24, 2.45) is 5.92 Å². The molecule has 0 saturated heterocycles. The second-order valence-electron chi connectivity index (χ2n) is 5.65. The molecule has 0 bridgehead atoms. The first-order valence-corrected chi connectivity index (χ1v) is 5.89. The minimum absolute atomic E-state index is 0.154. The highest BCUT2D eigenvalue weighted by Crippen LogP contribution is 2.31. The normalized spacial score (nSPS) is 16.2. The molecule has 2 rings (SSSR count). The monoisotopic (exact) mass is 222 g/mol. The second-order valence-corrected chi connectivity index (χ2v) is 5.65. The van der Waals surface area contributed by atoms with Gasteiger partial charge in [-0.15, -0.1) is 0 Å². The molecule has 1 aliphatic carbocycles. The molecule has 1 fully saturated rings. The maximum atomic E-state index is 13.8. The zero-order valence-corrected chi connectivity index (χ0v) is 10.2. The van der Waals surface area contributed by atoms with Gasteiger partial charge in [-0.25, -0.2) is 4.39 Å². The van der Waals surface area contributed by atoms with E-state index in [9.17, 15) is 4.39 Å². The summed E-state index contributed by atoms with van der Waals surface area (Å²) in [6, 6.07) is 5.20. The van der Waals surface area contributed by atoms with Crippen LogP contribution in [0.4, 0.5) is 4.39 Å². The van der Waals surface area contributed by atoms with Crippen LogP contribution in [-0.4, -0.2) is 6.61 Å². The lowest BCUT2D eigenvalue weighted by Gasteiger charge is -2.20. The van der Waals surface area contributed by atoms with Crippen molar-refractivity contribution < 1.29 is 9.13 Å². The number of rotatable bonds is 3. The van der Waals surface area contributed by atoms with E-state index in [1.54, 1.807) is 0 Å². The lowest BCUT2D eigenvalue weighted by Crippen LogP contribution is -2.13. The highest BCUT2D eigenvalue weighted by Gasteiger charge is 2.22. The van der Waals surface area contributed by atoms with Gasteiger partial charge in [0.1, 0.15) is 11.6 Å². The van der Waals surface area contributed by atoms with Crippen LogP contribution >= 0.6 is 0 Å². The predicted molar refractivity (Wildman–Crippen MR) is 63.3 cm³/mol. The van der Waals surface area contributed by atoms with Crippen LogP contribution in [0.5, 0.6) is 5.75 Å². The molecule has 1 nitrogen and oxygen atoms in total. The van der Waals surface area contributed by atoms with Gasteiger partial charge in [-0.1, -0.05) is 26.8 Å².